The number of carbonyl (C=O) groups excluding carboxylic acids is 1. The molecule has 5 nitrogen and oxygen atoms in total. The van der Waals surface area contributed by atoms with Crippen LogP contribution in [0.2, 0.25) is 0 Å². The molecule has 0 aromatic heterocycles. The lowest BCUT2D eigenvalue weighted by atomic mass is 9.99. The first-order valence-corrected chi connectivity index (χ1v) is 9.58. The van der Waals surface area contributed by atoms with Gasteiger partial charge >= 0.3 is 0 Å². The second kappa shape index (κ2) is 8.68. The first kappa shape index (κ1) is 18.2. The molecule has 3 atom stereocenters. The van der Waals surface area contributed by atoms with Crippen LogP contribution in [-0.4, -0.2) is 43.6 Å². The topological polar surface area (TPSA) is 67.6 Å². The number of likely N-dealkylation sites (tertiary alicyclic amines) is 1. The molecule has 0 radical (unpaired) electrons. The van der Waals surface area contributed by atoms with E-state index in [-0.39, 0.29) is 18.0 Å². The Hall–Kier alpha value is -1.59. The Kier molecular flexibility index (Phi) is 6.32. The molecule has 0 bridgehead atoms. The zero-order valence-corrected chi connectivity index (χ0v) is 15.2. The zero-order chi connectivity index (χ0) is 17.6. The Labute approximate surface area is 150 Å². The fourth-order valence-electron chi connectivity index (χ4n) is 4.27. The Morgan fingerprint density at radius 1 is 1.28 bits per heavy atom. The second-order valence-electron chi connectivity index (χ2n) is 7.36. The Morgan fingerprint density at radius 3 is 2.72 bits per heavy atom. The van der Waals surface area contributed by atoms with Crippen LogP contribution >= 0.6 is 0 Å². The predicted molar refractivity (Wildman–Crippen MR) is 99.5 cm³/mol. The van der Waals surface area contributed by atoms with E-state index in [2.05, 4.69) is 16.3 Å². The molecule has 0 spiro atoms. The van der Waals surface area contributed by atoms with Crippen molar-refractivity contribution in [2.75, 3.05) is 26.7 Å². The number of para-hydroxylation sites is 1. The van der Waals surface area contributed by atoms with Crippen molar-refractivity contribution in [3.05, 3.63) is 29.8 Å². The van der Waals surface area contributed by atoms with Gasteiger partial charge < -0.3 is 15.8 Å². The smallest absolute Gasteiger partial charge is 0.220 e. The highest BCUT2D eigenvalue weighted by Gasteiger charge is 2.28. The number of rotatable bonds is 7. The van der Waals surface area contributed by atoms with Crippen LogP contribution in [-0.2, 0) is 4.79 Å². The van der Waals surface area contributed by atoms with Gasteiger partial charge in [-0.05, 0) is 50.8 Å². The van der Waals surface area contributed by atoms with Gasteiger partial charge in [0.15, 0.2) is 0 Å². The summed E-state index contributed by atoms with van der Waals surface area (Å²) in [5, 5.41) is 3.17. The SMILES string of the molecule is COc1ccccc1C(CNC(=O)C[C@@H]1CCC[C@H]1N)N1CCCC1. The zero-order valence-electron chi connectivity index (χ0n) is 15.2. The third-order valence-corrected chi connectivity index (χ3v) is 5.74. The molecule has 2 fully saturated rings. The number of carbonyl (C=O) groups is 1. The third kappa shape index (κ3) is 4.53. The summed E-state index contributed by atoms with van der Waals surface area (Å²) in [6, 6.07) is 8.50. The van der Waals surface area contributed by atoms with E-state index in [0.717, 1.165) is 43.7 Å². The molecule has 3 N–H and O–H groups in total. The number of hydrogen-bond acceptors (Lipinski definition) is 4. The van der Waals surface area contributed by atoms with E-state index < -0.39 is 0 Å². The minimum atomic E-state index is 0.126. The summed E-state index contributed by atoms with van der Waals surface area (Å²) in [6.07, 6.45) is 6.27. The minimum absolute atomic E-state index is 0.126. The lowest BCUT2D eigenvalue weighted by molar-refractivity contribution is -0.122. The standard InChI is InChI=1S/C20H31N3O2/c1-25-19-10-3-2-8-16(19)18(23-11-4-5-12-23)14-22-20(24)13-15-7-6-9-17(15)21/h2-3,8,10,15,17-18H,4-7,9,11-14,21H2,1H3,(H,22,24)/t15-,17+,18?/m0/s1. The predicted octanol–water partition coefficient (Wildman–Crippen LogP) is 2.47. The first-order chi connectivity index (χ1) is 12.2. The van der Waals surface area contributed by atoms with Crippen molar-refractivity contribution in [1.82, 2.24) is 10.2 Å². The number of nitrogens with zero attached hydrogens (tertiary/aromatic N) is 1. The van der Waals surface area contributed by atoms with Gasteiger partial charge in [0, 0.05) is 24.6 Å². The quantitative estimate of drug-likeness (QED) is 0.797. The first-order valence-electron chi connectivity index (χ1n) is 9.58. The normalized spacial score (nSPS) is 25.0. The van der Waals surface area contributed by atoms with E-state index in [4.69, 9.17) is 10.5 Å². The molecule has 3 rings (SSSR count). The van der Waals surface area contributed by atoms with Crippen LogP contribution in [0, 0.1) is 5.92 Å². The van der Waals surface area contributed by atoms with E-state index >= 15 is 0 Å². The molecular weight excluding hydrogens is 314 g/mol. The Balaban J connectivity index is 1.64. The van der Waals surface area contributed by atoms with Crippen LogP contribution in [0.4, 0.5) is 0 Å². The van der Waals surface area contributed by atoms with E-state index in [0.29, 0.717) is 18.9 Å². The maximum absolute atomic E-state index is 12.4. The van der Waals surface area contributed by atoms with Crippen molar-refractivity contribution < 1.29 is 9.53 Å². The fraction of sp³-hybridized carbons (Fsp3) is 0.650. The average molecular weight is 345 g/mol. The molecule has 1 aliphatic carbocycles. The van der Waals surface area contributed by atoms with Gasteiger partial charge in [0.2, 0.25) is 5.91 Å². The summed E-state index contributed by atoms with van der Waals surface area (Å²) >= 11 is 0. The average Bonchev–Trinajstić information content (AvgIpc) is 3.28. The summed E-state index contributed by atoms with van der Waals surface area (Å²) in [6.45, 7) is 2.78. The van der Waals surface area contributed by atoms with Crippen LogP contribution in [0.5, 0.6) is 5.75 Å². The number of nitrogens with two attached hydrogens (primary N) is 1. The van der Waals surface area contributed by atoms with Crippen LogP contribution in [0.25, 0.3) is 0 Å². The van der Waals surface area contributed by atoms with Gasteiger partial charge in [0.1, 0.15) is 5.75 Å². The molecule has 1 amide bonds. The lowest BCUT2D eigenvalue weighted by Gasteiger charge is -2.29. The Bertz CT molecular complexity index is 572. The number of benzene rings is 1. The largest absolute Gasteiger partial charge is 0.496 e. The van der Waals surface area contributed by atoms with Crippen molar-refractivity contribution in [2.45, 2.75) is 50.6 Å². The van der Waals surface area contributed by atoms with Gasteiger partial charge in [-0.25, -0.2) is 0 Å². The summed E-state index contributed by atoms with van der Waals surface area (Å²) in [4.78, 5) is 14.9. The molecule has 1 aliphatic heterocycles. The highest BCUT2D eigenvalue weighted by atomic mass is 16.5. The molecule has 1 saturated heterocycles. The van der Waals surface area contributed by atoms with Crippen molar-refractivity contribution >= 4 is 5.91 Å². The molecule has 1 aromatic rings. The van der Waals surface area contributed by atoms with Gasteiger partial charge in [-0.15, -0.1) is 0 Å². The molecule has 25 heavy (non-hydrogen) atoms. The van der Waals surface area contributed by atoms with Crippen molar-refractivity contribution in [1.29, 1.82) is 0 Å². The molecule has 138 valence electrons. The summed E-state index contributed by atoms with van der Waals surface area (Å²) in [5.74, 6) is 1.37. The van der Waals surface area contributed by atoms with Crippen molar-refractivity contribution in [2.24, 2.45) is 11.7 Å². The monoisotopic (exact) mass is 345 g/mol. The molecule has 5 heteroatoms. The van der Waals surface area contributed by atoms with Crippen molar-refractivity contribution in [3.63, 3.8) is 0 Å². The highest BCUT2D eigenvalue weighted by Crippen LogP contribution is 2.31. The fourth-order valence-corrected chi connectivity index (χ4v) is 4.27. The van der Waals surface area contributed by atoms with E-state index in [9.17, 15) is 4.79 Å². The highest BCUT2D eigenvalue weighted by molar-refractivity contribution is 5.76. The van der Waals surface area contributed by atoms with E-state index in [1.165, 1.54) is 12.8 Å². The molecule has 1 saturated carbocycles. The van der Waals surface area contributed by atoms with E-state index in [1.54, 1.807) is 7.11 Å². The maximum atomic E-state index is 12.4. The van der Waals surface area contributed by atoms with Crippen LogP contribution in [0.3, 0.4) is 0 Å². The number of methoxy groups -OCH3 is 1. The second-order valence-corrected chi connectivity index (χ2v) is 7.36. The molecule has 1 unspecified atom stereocenters. The number of nitrogens with one attached hydrogen (secondary N) is 1. The number of ether oxygens (including phenoxy) is 1. The number of amides is 1. The summed E-state index contributed by atoms with van der Waals surface area (Å²) < 4.78 is 5.56. The van der Waals surface area contributed by atoms with Gasteiger partial charge in [-0.1, -0.05) is 24.6 Å². The van der Waals surface area contributed by atoms with Gasteiger partial charge in [-0.3, -0.25) is 9.69 Å². The van der Waals surface area contributed by atoms with Crippen LogP contribution in [0.1, 0.15) is 50.1 Å². The third-order valence-electron chi connectivity index (χ3n) is 5.74. The molecule has 2 aliphatic rings. The van der Waals surface area contributed by atoms with Gasteiger partial charge in [0.05, 0.1) is 13.2 Å². The number of hydrogen-bond donors (Lipinski definition) is 2. The molecule has 1 aromatic carbocycles. The maximum Gasteiger partial charge on any atom is 0.220 e. The van der Waals surface area contributed by atoms with Crippen LogP contribution in [0.15, 0.2) is 24.3 Å². The van der Waals surface area contributed by atoms with Gasteiger partial charge in [0.25, 0.3) is 0 Å². The molecular formula is C20H31N3O2. The van der Waals surface area contributed by atoms with Crippen molar-refractivity contribution in [3.8, 4) is 5.75 Å². The molecule has 1 heterocycles. The summed E-state index contributed by atoms with van der Waals surface area (Å²) in [7, 11) is 1.71. The summed E-state index contributed by atoms with van der Waals surface area (Å²) in [5.41, 5.74) is 7.26. The lowest BCUT2D eigenvalue weighted by Crippen LogP contribution is -2.38. The van der Waals surface area contributed by atoms with E-state index in [1.807, 2.05) is 18.2 Å². The van der Waals surface area contributed by atoms with Gasteiger partial charge in [-0.2, -0.15) is 0 Å². The minimum Gasteiger partial charge on any atom is -0.496 e. The van der Waals surface area contributed by atoms with Crippen LogP contribution < -0.4 is 15.8 Å². The Morgan fingerprint density at radius 2 is 2.04 bits per heavy atom.